The molecule has 0 spiro atoms. The van der Waals surface area contributed by atoms with Crippen LogP contribution < -0.4 is 5.32 Å². The molecule has 2 heterocycles. The molecule has 0 amide bonds. The monoisotopic (exact) mass is 320 g/mol. The van der Waals surface area contributed by atoms with Gasteiger partial charge < -0.3 is 10.4 Å². The van der Waals surface area contributed by atoms with Gasteiger partial charge in [-0.1, -0.05) is 18.3 Å². The van der Waals surface area contributed by atoms with Gasteiger partial charge in [-0.15, -0.1) is 5.10 Å². The second kappa shape index (κ2) is 6.41. The number of aliphatic hydroxyl groups is 1. The molecule has 0 fully saturated rings. The summed E-state index contributed by atoms with van der Waals surface area (Å²) in [4.78, 5) is 5.30. The van der Waals surface area contributed by atoms with Gasteiger partial charge in [0.05, 0.1) is 11.9 Å². The van der Waals surface area contributed by atoms with E-state index >= 15 is 0 Å². The molecule has 7 heteroatoms. The van der Waals surface area contributed by atoms with Gasteiger partial charge in [-0.3, -0.25) is 0 Å². The Kier molecular flexibility index (Phi) is 4.35. The standard InChI is InChI=1S/C15H17FN4OS/c1-2-12(7-8-21)17-14-19-20-9-13(18-15(20)22-14)10-3-5-11(16)6-4-10/h3-6,9,12,21H,2,7-8H2,1H3,(H,17,19). The first-order valence-electron chi connectivity index (χ1n) is 7.19. The maximum atomic E-state index is 13.0. The van der Waals surface area contributed by atoms with Crippen LogP contribution in [0, 0.1) is 5.82 Å². The fourth-order valence-electron chi connectivity index (χ4n) is 2.23. The number of rotatable bonds is 6. The van der Waals surface area contributed by atoms with Gasteiger partial charge in [-0.05, 0) is 37.1 Å². The van der Waals surface area contributed by atoms with Crippen molar-refractivity contribution in [2.45, 2.75) is 25.8 Å². The molecule has 0 radical (unpaired) electrons. The summed E-state index contributed by atoms with van der Waals surface area (Å²) in [5, 5.41) is 17.6. The Labute approximate surface area is 131 Å². The van der Waals surface area contributed by atoms with Gasteiger partial charge in [-0.2, -0.15) is 0 Å². The molecule has 116 valence electrons. The number of hydrogen-bond acceptors (Lipinski definition) is 5. The SMILES string of the molecule is CCC(CCO)Nc1nn2cc(-c3ccc(F)cc3)nc2s1. The third-order valence-corrected chi connectivity index (χ3v) is 4.33. The van der Waals surface area contributed by atoms with Crippen LogP contribution >= 0.6 is 11.3 Å². The van der Waals surface area contributed by atoms with E-state index in [1.165, 1.54) is 23.5 Å². The van der Waals surface area contributed by atoms with Gasteiger partial charge in [0, 0.05) is 18.2 Å². The number of benzene rings is 1. The molecule has 2 N–H and O–H groups in total. The number of hydrogen-bond donors (Lipinski definition) is 2. The molecule has 0 bridgehead atoms. The first kappa shape index (κ1) is 14.9. The molecule has 5 nitrogen and oxygen atoms in total. The fourth-order valence-corrected chi connectivity index (χ4v) is 3.09. The van der Waals surface area contributed by atoms with E-state index in [1.54, 1.807) is 16.6 Å². The molecule has 22 heavy (non-hydrogen) atoms. The van der Waals surface area contributed by atoms with Gasteiger partial charge in [0.15, 0.2) is 0 Å². The third kappa shape index (κ3) is 3.10. The van der Waals surface area contributed by atoms with Crippen molar-refractivity contribution in [1.29, 1.82) is 0 Å². The van der Waals surface area contributed by atoms with E-state index in [-0.39, 0.29) is 18.5 Å². The summed E-state index contributed by atoms with van der Waals surface area (Å²) in [5.41, 5.74) is 1.63. The lowest BCUT2D eigenvalue weighted by Crippen LogP contribution is -2.19. The first-order chi connectivity index (χ1) is 10.7. The quantitative estimate of drug-likeness (QED) is 0.732. The Morgan fingerprint density at radius 1 is 1.36 bits per heavy atom. The van der Waals surface area contributed by atoms with Gasteiger partial charge in [0.1, 0.15) is 5.82 Å². The lowest BCUT2D eigenvalue weighted by molar-refractivity contribution is 0.278. The van der Waals surface area contributed by atoms with E-state index in [0.29, 0.717) is 6.42 Å². The topological polar surface area (TPSA) is 62.5 Å². The third-order valence-electron chi connectivity index (χ3n) is 3.48. The number of aliphatic hydroxyl groups excluding tert-OH is 1. The minimum atomic E-state index is -0.260. The molecule has 1 aromatic carbocycles. The second-order valence-electron chi connectivity index (χ2n) is 5.03. The fraction of sp³-hybridized carbons (Fsp3) is 0.333. The van der Waals surface area contributed by atoms with Crippen molar-refractivity contribution >= 4 is 21.4 Å². The van der Waals surface area contributed by atoms with Crippen LogP contribution in [0.4, 0.5) is 9.52 Å². The Hall–Kier alpha value is -1.99. The van der Waals surface area contributed by atoms with Crippen molar-refractivity contribution in [1.82, 2.24) is 14.6 Å². The van der Waals surface area contributed by atoms with Crippen molar-refractivity contribution in [3.63, 3.8) is 0 Å². The number of nitrogens with one attached hydrogen (secondary N) is 1. The maximum absolute atomic E-state index is 13.0. The summed E-state index contributed by atoms with van der Waals surface area (Å²) < 4.78 is 14.7. The zero-order valence-electron chi connectivity index (χ0n) is 12.2. The van der Waals surface area contributed by atoms with E-state index in [1.807, 2.05) is 6.20 Å². The summed E-state index contributed by atoms with van der Waals surface area (Å²) in [5.74, 6) is -0.260. The molecule has 0 aliphatic rings. The van der Waals surface area contributed by atoms with Crippen molar-refractivity contribution in [3.05, 3.63) is 36.3 Å². The van der Waals surface area contributed by atoms with Crippen LogP contribution in [0.15, 0.2) is 30.5 Å². The van der Waals surface area contributed by atoms with Crippen LogP contribution in [-0.2, 0) is 0 Å². The van der Waals surface area contributed by atoms with Crippen molar-refractivity contribution in [2.75, 3.05) is 11.9 Å². The number of nitrogens with zero attached hydrogens (tertiary/aromatic N) is 3. The number of fused-ring (bicyclic) bond motifs is 1. The van der Waals surface area contributed by atoms with E-state index in [9.17, 15) is 4.39 Å². The molecule has 0 aliphatic heterocycles. The minimum Gasteiger partial charge on any atom is -0.396 e. The normalized spacial score (nSPS) is 12.7. The average Bonchev–Trinajstić information content (AvgIpc) is 3.05. The van der Waals surface area contributed by atoms with Crippen molar-refractivity contribution in [2.24, 2.45) is 0 Å². The molecule has 0 saturated heterocycles. The molecule has 2 aromatic heterocycles. The summed E-state index contributed by atoms with van der Waals surface area (Å²) in [6.07, 6.45) is 3.44. The Balaban J connectivity index is 1.81. The highest BCUT2D eigenvalue weighted by Crippen LogP contribution is 2.25. The summed E-state index contributed by atoms with van der Waals surface area (Å²) in [7, 11) is 0. The van der Waals surface area contributed by atoms with Gasteiger partial charge >= 0.3 is 0 Å². The lowest BCUT2D eigenvalue weighted by atomic mass is 10.2. The zero-order valence-corrected chi connectivity index (χ0v) is 13.0. The molecule has 0 saturated carbocycles. The molecule has 3 aromatic rings. The van der Waals surface area contributed by atoms with Crippen molar-refractivity contribution in [3.8, 4) is 11.3 Å². The van der Waals surface area contributed by atoms with Crippen LogP contribution in [0.5, 0.6) is 0 Å². The van der Waals surface area contributed by atoms with Crippen molar-refractivity contribution < 1.29 is 9.50 Å². The number of anilines is 1. The Bertz CT molecular complexity index is 721. The lowest BCUT2D eigenvalue weighted by Gasteiger charge is -2.13. The van der Waals surface area contributed by atoms with Gasteiger partial charge in [0.25, 0.3) is 0 Å². The molecule has 1 unspecified atom stereocenters. The molecule has 1 atom stereocenters. The van der Waals surface area contributed by atoms with Gasteiger partial charge in [-0.25, -0.2) is 13.9 Å². The smallest absolute Gasteiger partial charge is 0.214 e. The number of halogens is 1. The molecular weight excluding hydrogens is 303 g/mol. The summed E-state index contributed by atoms with van der Waals surface area (Å²) in [6, 6.07) is 6.45. The molecule has 3 rings (SSSR count). The summed E-state index contributed by atoms with van der Waals surface area (Å²) >= 11 is 1.46. The number of aromatic nitrogens is 3. The Morgan fingerprint density at radius 2 is 2.14 bits per heavy atom. The zero-order chi connectivity index (χ0) is 15.5. The van der Waals surface area contributed by atoms with E-state index in [4.69, 9.17) is 5.11 Å². The first-order valence-corrected chi connectivity index (χ1v) is 8.00. The van der Waals surface area contributed by atoms with Crippen LogP contribution in [-0.4, -0.2) is 32.4 Å². The van der Waals surface area contributed by atoms with Crippen LogP contribution in [0.25, 0.3) is 16.2 Å². The minimum absolute atomic E-state index is 0.155. The maximum Gasteiger partial charge on any atom is 0.214 e. The highest BCUT2D eigenvalue weighted by molar-refractivity contribution is 7.20. The highest BCUT2D eigenvalue weighted by Gasteiger charge is 2.12. The largest absolute Gasteiger partial charge is 0.396 e. The Morgan fingerprint density at radius 3 is 2.77 bits per heavy atom. The second-order valence-corrected chi connectivity index (χ2v) is 5.99. The van der Waals surface area contributed by atoms with Crippen LogP contribution in [0.3, 0.4) is 0 Å². The molecule has 0 aliphatic carbocycles. The average molecular weight is 320 g/mol. The van der Waals surface area contributed by atoms with E-state index in [2.05, 4.69) is 22.3 Å². The summed E-state index contributed by atoms with van der Waals surface area (Å²) in [6.45, 7) is 2.22. The molecular formula is C15H17FN4OS. The van der Waals surface area contributed by atoms with Gasteiger partial charge in [0.2, 0.25) is 10.1 Å². The highest BCUT2D eigenvalue weighted by atomic mass is 32.1. The predicted octanol–water partition coefficient (Wildman–Crippen LogP) is 3.17. The van der Waals surface area contributed by atoms with Crippen LogP contribution in [0.2, 0.25) is 0 Å². The van der Waals surface area contributed by atoms with E-state index in [0.717, 1.165) is 27.8 Å². The predicted molar refractivity (Wildman–Crippen MR) is 85.7 cm³/mol. The number of imidazole rings is 1. The van der Waals surface area contributed by atoms with E-state index < -0.39 is 0 Å². The van der Waals surface area contributed by atoms with Crippen LogP contribution in [0.1, 0.15) is 19.8 Å².